The van der Waals surface area contributed by atoms with E-state index in [-0.39, 0.29) is 11.8 Å². The average molecular weight is 423 g/mol. The quantitative estimate of drug-likeness (QED) is 0.679. The number of likely N-dealkylation sites (tertiary alicyclic amines) is 1. The van der Waals surface area contributed by atoms with Crippen molar-refractivity contribution in [2.24, 2.45) is 5.41 Å². The van der Waals surface area contributed by atoms with Gasteiger partial charge in [0.1, 0.15) is 0 Å². The van der Waals surface area contributed by atoms with E-state index in [0.717, 1.165) is 24.0 Å². The molecular weight excluding hydrogens is 388 g/mol. The molecule has 0 bridgehead atoms. The lowest BCUT2D eigenvalue weighted by molar-refractivity contribution is -0.147. The smallest absolute Gasteiger partial charge is 0.230 e. The van der Waals surface area contributed by atoms with Gasteiger partial charge in [0, 0.05) is 34.3 Å². The highest BCUT2D eigenvalue weighted by Gasteiger charge is 2.44. The number of rotatable bonds is 7. The highest BCUT2D eigenvalue weighted by atomic mass is 16.5. The first-order valence-corrected chi connectivity index (χ1v) is 11.0. The second-order valence-electron chi connectivity index (χ2n) is 8.88. The lowest BCUT2D eigenvalue weighted by Crippen LogP contribution is -2.54. The summed E-state index contributed by atoms with van der Waals surface area (Å²) in [4.78, 5) is 29.4. The number of methoxy groups -OCH3 is 1. The molecule has 1 atom stereocenters. The molecule has 2 amide bonds. The van der Waals surface area contributed by atoms with E-state index >= 15 is 0 Å². The monoisotopic (exact) mass is 422 g/mol. The van der Waals surface area contributed by atoms with Crippen LogP contribution in [-0.4, -0.2) is 62.5 Å². The number of amides is 2. The number of benzene rings is 2. The van der Waals surface area contributed by atoms with Crippen molar-refractivity contribution in [3.63, 3.8) is 0 Å². The van der Waals surface area contributed by atoms with Crippen molar-refractivity contribution < 1.29 is 14.3 Å². The van der Waals surface area contributed by atoms with Gasteiger partial charge in [-0.3, -0.25) is 9.59 Å². The zero-order chi connectivity index (χ0) is 22.4. The summed E-state index contributed by atoms with van der Waals surface area (Å²) < 4.78 is 5.07. The molecule has 5 nitrogen and oxygen atoms in total. The second-order valence-corrected chi connectivity index (χ2v) is 8.88. The molecule has 0 radical (unpaired) electrons. The minimum absolute atomic E-state index is 0.0622. The van der Waals surface area contributed by atoms with E-state index in [2.05, 4.69) is 55.5 Å². The fourth-order valence-corrected chi connectivity index (χ4v) is 4.51. The summed E-state index contributed by atoms with van der Waals surface area (Å²) in [6, 6.07) is 17.0. The standard InChI is InChI=1S/C26H34N2O3/c1-20-6-10-22(11-7-20)23-12-8-21(9-13-23)18-26(25(30)27(2)3)15-5-16-28(19-26)24(29)14-17-31-4/h6-13H,5,14-19H2,1-4H3. The first-order valence-electron chi connectivity index (χ1n) is 11.0. The topological polar surface area (TPSA) is 49.9 Å². The van der Waals surface area contributed by atoms with Gasteiger partial charge in [-0.2, -0.15) is 0 Å². The Bertz CT molecular complexity index is 890. The third-order valence-corrected chi connectivity index (χ3v) is 6.19. The van der Waals surface area contributed by atoms with E-state index in [1.54, 1.807) is 26.1 Å². The Morgan fingerprint density at radius 3 is 2.23 bits per heavy atom. The maximum absolute atomic E-state index is 13.3. The predicted molar refractivity (Wildman–Crippen MR) is 124 cm³/mol. The van der Waals surface area contributed by atoms with E-state index < -0.39 is 5.41 Å². The number of carbonyl (C=O) groups is 2. The molecule has 5 heteroatoms. The van der Waals surface area contributed by atoms with Crippen molar-refractivity contribution in [1.29, 1.82) is 0 Å². The van der Waals surface area contributed by atoms with Crippen LogP contribution in [0, 0.1) is 12.3 Å². The zero-order valence-electron chi connectivity index (χ0n) is 19.2. The number of piperidine rings is 1. The molecule has 1 saturated heterocycles. The molecule has 31 heavy (non-hydrogen) atoms. The summed E-state index contributed by atoms with van der Waals surface area (Å²) in [6.07, 6.45) is 2.61. The molecule has 0 N–H and O–H groups in total. The summed E-state index contributed by atoms with van der Waals surface area (Å²) >= 11 is 0. The molecule has 2 aromatic rings. The van der Waals surface area contributed by atoms with Crippen molar-refractivity contribution in [3.05, 3.63) is 59.7 Å². The Kier molecular flexibility index (Phi) is 7.50. The maximum Gasteiger partial charge on any atom is 0.230 e. The number of hydrogen-bond acceptors (Lipinski definition) is 3. The molecule has 2 aromatic carbocycles. The lowest BCUT2D eigenvalue weighted by atomic mass is 9.73. The molecule has 1 unspecified atom stereocenters. The van der Waals surface area contributed by atoms with Gasteiger partial charge < -0.3 is 14.5 Å². The third-order valence-electron chi connectivity index (χ3n) is 6.19. The van der Waals surface area contributed by atoms with Crippen molar-refractivity contribution in [3.8, 4) is 11.1 Å². The van der Waals surface area contributed by atoms with E-state index in [9.17, 15) is 9.59 Å². The SMILES string of the molecule is COCCC(=O)N1CCCC(Cc2ccc(-c3ccc(C)cc3)cc2)(C(=O)N(C)C)C1. The zero-order valence-corrected chi connectivity index (χ0v) is 19.2. The van der Waals surface area contributed by atoms with Crippen molar-refractivity contribution in [1.82, 2.24) is 9.80 Å². The van der Waals surface area contributed by atoms with E-state index in [1.807, 2.05) is 4.90 Å². The molecule has 1 heterocycles. The number of hydrogen-bond donors (Lipinski definition) is 0. The van der Waals surface area contributed by atoms with Gasteiger partial charge in [-0.05, 0) is 42.9 Å². The van der Waals surface area contributed by atoms with Crippen molar-refractivity contribution >= 4 is 11.8 Å². The summed E-state index contributed by atoms with van der Waals surface area (Å²) in [5.74, 6) is 0.159. The fourth-order valence-electron chi connectivity index (χ4n) is 4.51. The van der Waals surface area contributed by atoms with Crippen LogP contribution in [0.15, 0.2) is 48.5 Å². The van der Waals surface area contributed by atoms with Gasteiger partial charge in [0.25, 0.3) is 0 Å². The summed E-state index contributed by atoms with van der Waals surface area (Å²) in [7, 11) is 5.20. The van der Waals surface area contributed by atoms with Crippen molar-refractivity contribution in [2.75, 3.05) is 40.9 Å². The molecule has 0 saturated carbocycles. The Labute approximate surface area is 186 Å². The van der Waals surface area contributed by atoms with Gasteiger partial charge >= 0.3 is 0 Å². The van der Waals surface area contributed by atoms with E-state index in [1.165, 1.54) is 11.1 Å². The number of aryl methyl sites for hydroxylation is 1. The average Bonchev–Trinajstić information content (AvgIpc) is 2.78. The van der Waals surface area contributed by atoms with E-state index in [0.29, 0.717) is 32.5 Å². The largest absolute Gasteiger partial charge is 0.384 e. The van der Waals surface area contributed by atoms with Gasteiger partial charge in [-0.1, -0.05) is 54.1 Å². The molecule has 3 rings (SSSR count). The van der Waals surface area contributed by atoms with Crippen LogP contribution in [0.3, 0.4) is 0 Å². The molecule has 1 fully saturated rings. The molecule has 1 aliphatic heterocycles. The number of carbonyl (C=O) groups excluding carboxylic acids is 2. The molecule has 1 aliphatic rings. The van der Waals surface area contributed by atoms with Crippen LogP contribution in [0.25, 0.3) is 11.1 Å². The van der Waals surface area contributed by atoms with Crippen LogP contribution in [0.2, 0.25) is 0 Å². The minimum Gasteiger partial charge on any atom is -0.384 e. The van der Waals surface area contributed by atoms with Crippen LogP contribution in [-0.2, 0) is 20.7 Å². The Balaban J connectivity index is 1.81. The first-order chi connectivity index (χ1) is 14.8. The number of ether oxygens (including phenoxy) is 1. The van der Waals surface area contributed by atoms with Crippen LogP contribution < -0.4 is 0 Å². The molecule has 0 aliphatic carbocycles. The Hall–Kier alpha value is -2.66. The van der Waals surface area contributed by atoms with Crippen LogP contribution in [0.1, 0.15) is 30.4 Å². The number of nitrogens with zero attached hydrogens (tertiary/aromatic N) is 2. The third kappa shape index (κ3) is 5.53. The Morgan fingerprint density at radius 2 is 1.65 bits per heavy atom. The van der Waals surface area contributed by atoms with E-state index in [4.69, 9.17) is 4.74 Å². The van der Waals surface area contributed by atoms with Crippen LogP contribution in [0.4, 0.5) is 0 Å². The lowest BCUT2D eigenvalue weighted by Gasteiger charge is -2.43. The summed E-state index contributed by atoms with van der Waals surface area (Å²) in [6.45, 7) is 3.66. The summed E-state index contributed by atoms with van der Waals surface area (Å²) in [5.41, 5.74) is 4.12. The van der Waals surface area contributed by atoms with Gasteiger partial charge in [-0.25, -0.2) is 0 Å². The van der Waals surface area contributed by atoms with Gasteiger partial charge in [0.15, 0.2) is 0 Å². The molecule has 0 aromatic heterocycles. The summed E-state index contributed by atoms with van der Waals surface area (Å²) in [5, 5.41) is 0. The maximum atomic E-state index is 13.3. The highest BCUT2D eigenvalue weighted by Crippen LogP contribution is 2.36. The first kappa shape index (κ1) is 23.0. The van der Waals surface area contributed by atoms with Gasteiger partial charge in [0.2, 0.25) is 11.8 Å². The minimum atomic E-state index is -0.587. The fraction of sp³-hybridized carbons (Fsp3) is 0.462. The van der Waals surface area contributed by atoms with Crippen LogP contribution >= 0.6 is 0 Å². The normalized spacial score (nSPS) is 18.6. The molecule has 166 valence electrons. The predicted octanol–water partition coefficient (Wildman–Crippen LogP) is 3.94. The molecule has 0 spiro atoms. The van der Waals surface area contributed by atoms with Gasteiger partial charge in [-0.15, -0.1) is 0 Å². The molecular formula is C26H34N2O3. The van der Waals surface area contributed by atoms with Gasteiger partial charge in [0.05, 0.1) is 18.4 Å². The van der Waals surface area contributed by atoms with Crippen LogP contribution in [0.5, 0.6) is 0 Å². The highest BCUT2D eigenvalue weighted by molar-refractivity contribution is 5.85. The second kappa shape index (κ2) is 10.1. The van der Waals surface area contributed by atoms with Crippen molar-refractivity contribution in [2.45, 2.75) is 32.6 Å². The Morgan fingerprint density at radius 1 is 1.03 bits per heavy atom.